The van der Waals surface area contributed by atoms with Gasteiger partial charge in [0.15, 0.2) is 0 Å². The number of carbonyl (C=O) groups is 1. The van der Waals surface area contributed by atoms with Gasteiger partial charge in [0, 0.05) is 36.8 Å². The lowest BCUT2D eigenvalue weighted by molar-refractivity contribution is 0.0924. The zero-order chi connectivity index (χ0) is 17.8. The fourth-order valence-electron chi connectivity index (χ4n) is 2.76. The number of anilines is 1. The molecule has 1 aliphatic heterocycles. The number of aryl methyl sites for hydroxylation is 1. The Kier molecular flexibility index (Phi) is 5.28. The molecule has 2 aromatic heterocycles. The van der Waals surface area contributed by atoms with Crippen molar-refractivity contribution >= 4 is 11.9 Å². The monoisotopic (exact) mass is 345 g/mol. The molecule has 3 rings (SSSR count). The van der Waals surface area contributed by atoms with E-state index in [1.54, 1.807) is 0 Å². The summed E-state index contributed by atoms with van der Waals surface area (Å²) in [6, 6.07) is 2.06. The van der Waals surface area contributed by atoms with Crippen LogP contribution in [-0.4, -0.2) is 46.3 Å². The molecule has 2 N–H and O–H groups in total. The predicted octanol–water partition coefficient (Wildman–Crippen LogP) is 1.58. The lowest BCUT2D eigenvalue weighted by Gasteiger charge is -2.18. The first-order chi connectivity index (χ1) is 12.0. The molecule has 0 aliphatic carbocycles. The number of hydrogen-bond acceptors (Lipinski definition) is 7. The Morgan fingerprint density at radius 2 is 2.08 bits per heavy atom. The molecule has 0 spiro atoms. The molecule has 0 unspecified atom stereocenters. The smallest absolute Gasteiger partial charge is 0.254 e. The van der Waals surface area contributed by atoms with Crippen LogP contribution in [0, 0.1) is 12.8 Å². The Bertz CT molecular complexity index is 713. The summed E-state index contributed by atoms with van der Waals surface area (Å²) in [6.45, 7) is 6.95. The van der Waals surface area contributed by atoms with E-state index in [0.29, 0.717) is 31.1 Å². The highest BCUT2D eigenvalue weighted by molar-refractivity contribution is 5.93. The fraction of sp³-hybridized carbons (Fsp3) is 0.529. The van der Waals surface area contributed by atoms with Crippen molar-refractivity contribution in [1.29, 1.82) is 0 Å². The Balaban J connectivity index is 1.59. The highest BCUT2D eigenvalue weighted by Crippen LogP contribution is 2.20. The second kappa shape index (κ2) is 7.60. The number of rotatable bonds is 6. The van der Waals surface area contributed by atoms with E-state index in [1.165, 1.54) is 12.4 Å². The van der Waals surface area contributed by atoms with Gasteiger partial charge in [-0.1, -0.05) is 5.16 Å². The van der Waals surface area contributed by atoms with Gasteiger partial charge < -0.3 is 19.9 Å². The van der Waals surface area contributed by atoms with Gasteiger partial charge in [-0.15, -0.1) is 0 Å². The highest BCUT2D eigenvalue weighted by Gasteiger charge is 2.31. The second-order valence-corrected chi connectivity index (χ2v) is 6.61. The van der Waals surface area contributed by atoms with Crippen LogP contribution in [0.3, 0.4) is 0 Å². The van der Waals surface area contributed by atoms with E-state index in [1.807, 2.05) is 26.8 Å². The van der Waals surface area contributed by atoms with Crippen LogP contribution >= 0.6 is 0 Å². The molecule has 8 nitrogen and oxygen atoms in total. The van der Waals surface area contributed by atoms with E-state index in [4.69, 9.17) is 9.26 Å². The lowest BCUT2D eigenvalue weighted by atomic mass is 9.98. The van der Waals surface area contributed by atoms with Crippen LogP contribution in [0.1, 0.15) is 35.7 Å². The van der Waals surface area contributed by atoms with Crippen LogP contribution in [-0.2, 0) is 11.2 Å². The Morgan fingerprint density at radius 1 is 1.32 bits per heavy atom. The van der Waals surface area contributed by atoms with Gasteiger partial charge in [0.2, 0.25) is 5.95 Å². The van der Waals surface area contributed by atoms with E-state index >= 15 is 0 Å². The number of carbonyl (C=O) groups excluding carboxylic acids is 1. The minimum absolute atomic E-state index is 0.0774. The summed E-state index contributed by atoms with van der Waals surface area (Å²) in [5.41, 5.74) is 1.28. The lowest BCUT2D eigenvalue weighted by Crippen LogP contribution is -2.40. The topological polar surface area (TPSA) is 102 Å². The van der Waals surface area contributed by atoms with Gasteiger partial charge in [0.25, 0.3) is 5.91 Å². The summed E-state index contributed by atoms with van der Waals surface area (Å²) in [6.07, 6.45) is 3.73. The molecule has 8 heteroatoms. The van der Waals surface area contributed by atoms with Crippen molar-refractivity contribution in [2.75, 3.05) is 18.5 Å². The molecule has 1 saturated heterocycles. The van der Waals surface area contributed by atoms with Gasteiger partial charge in [-0.3, -0.25) is 4.79 Å². The number of aromatic nitrogens is 3. The molecular weight excluding hydrogens is 322 g/mol. The molecule has 134 valence electrons. The maximum atomic E-state index is 12.4. The number of hydrogen-bond donors (Lipinski definition) is 2. The van der Waals surface area contributed by atoms with Gasteiger partial charge in [0.05, 0.1) is 30.5 Å². The molecule has 0 saturated carbocycles. The quantitative estimate of drug-likeness (QED) is 0.819. The van der Waals surface area contributed by atoms with E-state index in [0.717, 1.165) is 11.5 Å². The molecule has 0 aromatic carbocycles. The van der Waals surface area contributed by atoms with E-state index < -0.39 is 0 Å². The standard InChI is InChI=1S/C17H23N5O3/c1-10(2)20-17-18-6-13(7-19-17)16(23)21-15-9-24-8-12(15)5-14-4-11(3)22-25-14/h4,6-7,10,12,15H,5,8-9H2,1-3H3,(H,21,23)(H,18,19,20)/t12-,15+/m1/s1. The SMILES string of the molecule is Cc1cc(C[C@@H]2COC[C@@H]2NC(=O)c2cnc(NC(C)C)nc2)on1. The molecule has 1 fully saturated rings. The van der Waals surface area contributed by atoms with Gasteiger partial charge >= 0.3 is 0 Å². The minimum atomic E-state index is -0.203. The van der Waals surface area contributed by atoms with Crippen molar-refractivity contribution in [3.63, 3.8) is 0 Å². The van der Waals surface area contributed by atoms with Crippen molar-refractivity contribution in [2.24, 2.45) is 5.92 Å². The normalized spacial score (nSPS) is 20.0. The zero-order valence-electron chi connectivity index (χ0n) is 14.7. The largest absolute Gasteiger partial charge is 0.379 e. The van der Waals surface area contributed by atoms with Gasteiger partial charge in [-0.25, -0.2) is 9.97 Å². The molecule has 0 bridgehead atoms. The summed E-state index contributed by atoms with van der Waals surface area (Å²) in [4.78, 5) is 20.8. The molecule has 0 radical (unpaired) electrons. The molecule has 1 aliphatic rings. The summed E-state index contributed by atoms with van der Waals surface area (Å²) < 4.78 is 10.8. The van der Waals surface area contributed by atoms with Gasteiger partial charge in [0.1, 0.15) is 5.76 Å². The van der Waals surface area contributed by atoms with Crippen molar-refractivity contribution < 1.29 is 14.1 Å². The number of amides is 1. The molecular formula is C17H23N5O3. The third kappa shape index (κ3) is 4.54. The molecule has 2 aromatic rings. The summed E-state index contributed by atoms with van der Waals surface area (Å²) in [5.74, 6) is 1.26. The predicted molar refractivity (Wildman–Crippen MR) is 91.3 cm³/mol. The van der Waals surface area contributed by atoms with Crippen LogP contribution in [0.2, 0.25) is 0 Å². The van der Waals surface area contributed by atoms with E-state index in [-0.39, 0.29) is 23.9 Å². The average Bonchev–Trinajstić information content (AvgIpc) is 3.17. The number of ether oxygens (including phenoxy) is 1. The van der Waals surface area contributed by atoms with Crippen LogP contribution in [0.4, 0.5) is 5.95 Å². The average molecular weight is 345 g/mol. The first kappa shape index (κ1) is 17.3. The first-order valence-electron chi connectivity index (χ1n) is 8.40. The highest BCUT2D eigenvalue weighted by atomic mass is 16.5. The second-order valence-electron chi connectivity index (χ2n) is 6.61. The van der Waals surface area contributed by atoms with Crippen molar-refractivity contribution in [2.45, 2.75) is 39.3 Å². The van der Waals surface area contributed by atoms with Gasteiger partial charge in [-0.2, -0.15) is 0 Å². The van der Waals surface area contributed by atoms with Crippen LogP contribution in [0.15, 0.2) is 23.0 Å². The Labute approximate surface area is 146 Å². The van der Waals surface area contributed by atoms with E-state index in [9.17, 15) is 4.79 Å². The third-order valence-electron chi connectivity index (χ3n) is 3.99. The Hall–Kier alpha value is -2.48. The van der Waals surface area contributed by atoms with E-state index in [2.05, 4.69) is 25.8 Å². The van der Waals surface area contributed by atoms with Crippen LogP contribution in [0.5, 0.6) is 0 Å². The maximum absolute atomic E-state index is 12.4. The van der Waals surface area contributed by atoms with Crippen LogP contribution < -0.4 is 10.6 Å². The number of nitrogens with zero attached hydrogens (tertiary/aromatic N) is 3. The zero-order valence-corrected chi connectivity index (χ0v) is 14.7. The number of nitrogens with one attached hydrogen (secondary N) is 2. The Morgan fingerprint density at radius 3 is 2.72 bits per heavy atom. The molecule has 1 amide bonds. The first-order valence-corrected chi connectivity index (χ1v) is 8.40. The molecule has 3 heterocycles. The summed E-state index contributed by atoms with van der Waals surface area (Å²) in [7, 11) is 0. The summed E-state index contributed by atoms with van der Waals surface area (Å²) in [5, 5.41) is 9.99. The molecule has 25 heavy (non-hydrogen) atoms. The van der Waals surface area contributed by atoms with Crippen LogP contribution in [0.25, 0.3) is 0 Å². The molecule has 2 atom stereocenters. The minimum Gasteiger partial charge on any atom is -0.379 e. The summed E-state index contributed by atoms with van der Waals surface area (Å²) >= 11 is 0. The van der Waals surface area contributed by atoms with Crippen molar-refractivity contribution in [3.8, 4) is 0 Å². The van der Waals surface area contributed by atoms with Crippen molar-refractivity contribution in [3.05, 3.63) is 35.5 Å². The maximum Gasteiger partial charge on any atom is 0.254 e. The third-order valence-corrected chi connectivity index (χ3v) is 3.99. The fourth-order valence-corrected chi connectivity index (χ4v) is 2.76. The van der Waals surface area contributed by atoms with Gasteiger partial charge in [-0.05, 0) is 20.8 Å². The van der Waals surface area contributed by atoms with Crippen molar-refractivity contribution in [1.82, 2.24) is 20.4 Å².